The predicted octanol–water partition coefficient (Wildman–Crippen LogP) is 1.79. The van der Waals surface area contributed by atoms with Crippen LogP contribution in [0.15, 0.2) is 0 Å². The van der Waals surface area contributed by atoms with Crippen LogP contribution in [-0.2, 0) is 5.41 Å². The van der Waals surface area contributed by atoms with Crippen molar-refractivity contribution < 1.29 is 0 Å². The molecule has 0 aromatic carbocycles. The van der Waals surface area contributed by atoms with Crippen LogP contribution in [0.2, 0.25) is 0 Å². The normalized spacial score (nSPS) is 11.8. The Morgan fingerprint density at radius 3 is 1.58 bits per heavy atom. The molecule has 0 N–H and O–H groups in total. The molecule has 0 spiro atoms. The van der Waals surface area contributed by atoms with Crippen LogP contribution < -0.4 is 0 Å². The SMILES string of the molecule is Cc1nc(C)nc(C(C)(C)C)n1. The minimum Gasteiger partial charge on any atom is -0.219 e. The lowest BCUT2D eigenvalue weighted by molar-refractivity contribution is 0.534. The third kappa shape index (κ3) is 2.00. The molecule has 0 saturated heterocycles. The van der Waals surface area contributed by atoms with E-state index in [-0.39, 0.29) is 5.41 Å². The molecule has 1 aromatic heterocycles. The van der Waals surface area contributed by atoms with Crippen molar-refractivity contribution in [2.45, 2.75) is 40.0 Å². The molecule has 0 saturated carbocycles. The summed E-state index contributed by atoms with van der Waals surface area (Å²) < 4.78 is 0. The van der Waals surface area contributed by atoms with E-state index in [0.29, 0.717) is 0 Å². The predicted molar refractivity (Wildman–Crippen MR) is 48.0 cm³/mol. The van der Waals surface area contributed by atoms with Crippen molar-refractivity contribution in [1.29, 1.82) is 0 Å². The van der Waals surface area contributed by atoms with E-state index in [2.05, 4.69) is 35.7 Å². The zero-order chi connectivity index (χ0) is 9.35. The van der Waals surface area contributed by atoms with E-state index < -0.39 is 0 Å². The Balaban J connectivity index is 3.18. The van der Waals surface area contributed by atoms with Crippen molar-refractivity contribution in [2.24, 2.45) is 0 Å². The van der Waals surface area contributed by atoms with Gasteiger partial charge in [-0.1, -0.05) is 20.8 Å². The maximum Gasteiger partial charge on any atom is 0.137 e. The maximum atomic E-state index is 4.28. The molecule has 3 nitrogen and oxygen atoms in total. The van der Waals surface area contributed by atoms with Gasteiger partial charge in [-0.2, -0.15) is 0 Å². The topological polar surface area (TPSA) is 38.7 Å². The molecule has 0 amide bonds. The molecule has 0 aliphatic heterocycles. The van der Waals surface area contributed by atoms with Gasteiger partial charge in [0.2, 0.25) is 0 Å². The summed E-state index contributed by atoms with van der Waals surface area (Å²) in [6, 6.07) is 0. The number of hydrogen-bond donors (Lipinski definition) is 0. The minimum atomic E-state index is 0.0124. The molecule has 0 aliphatic carbocycles. The van der Waals surface area contributed by atoms with Crippen LogP contribution in [0.4, 0.5) is 0 Å². The number of aryl methyl sites for hydroxylation is 2. The summed E-state index contributed by atoms with van der Waals surface area (Å²) in [7, 11) is 0. The van der Waals surface area contributed by atoms with Crippen LogP contribution in [0.5, 0.6) is 0 Å². The first-order chi connectivity index (χ1) is 5.39. The minimum absolute atomic E-state index is 0.0124. The summed E-state index contributed by atoms with van der Waals surface area (Å²) in [5.41, 5.74) is 0.0124. The molecule has 0 unspecified atom stereocenters. The molecular weight excluding hydrogens is 150 g/mol. The monoisotopic (exact) mass is 165 g/mol. The van der Waals surface area contributed by atoms with Gasteiger partial charge in [0.05, 0.1) is 0 Å². The number of hydrogen-bond acceptors (Lipinski definition) is 3. The average Bonchev–Trinajstić information content (AvgIpc) is 1.82. The largest absolute Gasteiger partial charge is 0.219 e. The van der Waals surface area contributed by atoms with Gasteiger partial charge in [0.15, 0.2) is 0 Å². The average molecular weight is 165 g/mol. The van der Waals surface area contributed by atoms with Crippen LogP contribution in [0, 0.1) is 13.8 Å². The van der Waals surface area contributed by atoms with Gasteiger partial charge in [-0.3, -0.25) is 0 Å². The van der Waals surface area contributed by atoms with Crippen molar-refractivity contribution in [3.8, 4) is 0 Å². The van der Waals surface area contributed by atoms with E-state index in [0.717, 1.165) is 17.5 Å². The Hall–Kier alpha value is -0.990. The second kappa shape index (κ2) is 2.81. The van der Waals surface area contributed by atoms with Crippen LogP contribution in [0.25, 0.3) is 0 Å². The number of rotatable bonds is 0. The Morgan fingerprint density at radius 1 is 0.833 bits per heavy atom. The van der Waals surface area contributed by atoms with Crippen LogP contribution >= 0.6 is 0 Å². The summed E-state index contributed by atoms with van der Waals surface area (Å²) >= 11 is 0. The molecule has 0 atom stereocenters. The summed E-state index contributed by atoms with van der Waals surface area (Å²) in [4.78, 5) is 12.7. The van der Waals surface area contributed by atoms with Crippen molar-refractivity contribution >= 4 is 0 Å². The number of aromatic nitrogens is 3. The molecule has 1 heterocycles. The van der Waals surface area contributed by atoms with Gasteiger partial charge in [-0.25, -0.2) is 15.0 Å². The molecule has 66 valence electrons. The molecule has 0 fully saturated rings. The smallest absolute Gasteiger partial charge is 0.137 e. The van der Waals surface area contributed by atoms with Gasteiger partial charge in [0.1, 0.15) is 17.5 Å². The van der Waals surface area contributed by atoms with Gasteiger partial charge in [-0.15, -0.1) is 0 Å². The quantitative estimate of drug-likeness (QED) is 0.588. The zero-order valence-corrected chi connectivity index (χ0v) is 8.34. The van der Waals surface area contributed by atoms with Crippen LogP contribution in [-0.4, -0.2) is 15.0 Å². The lowest BCUT2D eigenvalue weighted by Crippen LogP contribution is -2.18. The Morgan fingerprint density at radius 2 is 1.25 bits per heavy atom. The summed E-state index contributed by atoms with van der Waals surface area (Å²) in [6.45, 7) is 10.1. The van der Waals surface area contributed by atoms with Gasteiger partial charge in [0, 0.05) is 5.41 Å². The second-order valence-corrected chi connectivity index (χ2v) is 4.00. The van der Waals surface area contributed by atoms with Crippen molar-refractivity contribution in [3.63, 3.8) is 0 Å². The molecule has 0 aliphatic rings. The van der Waals surface area contributed by atoms with Crippen molar-refractivity contribution in [1.82, 2.24) is 15.0 Å². The third-order valence-corrected chi connectivity index (χ3v) is 1.53. The lowest BCUT2D eigenvalue weighted by atomic mass is 9.96. The van der Waals surface area contributed by atoms with E-state index in [1.165, 1.54) is 0 Å². The second-order valence-electron chi connectivity index (χ2n) is 4.00. The highest BCUT2D eigenvalue weighted by Gasteiger charge is 2.17. The fraction of sp³-hybridized carbons (Fsp3) is 0.667. The standard InChI is InChI=1S/C9H15N3/c1-6-10-7(2)12-8(11-6)9(3,4)5/h1-5H3. The molecule has 12 heavy (non-hydrogen) atoms. The Labute approximate surface area is 73.3 Å². The first kappa shape index (κ1) is 9.10. The summed E-state index contributed by atoms with van der Waals surface area (Å²) in [5.74, 6) is 2.47. The Kier molecular flexibility index (Phi) is 2.13. The van der Waals surface area contributed by atoms with E-state index in [1.54, 1.807) is 0 Å². The van der Waals surface area contributed by atoms with E-state index >= 15 is 0 Å². The molecule has 0 radical (unpaired) electrons. The van der Waals surface area contributed by atoms with Crippen LogP contribution in [0.3, 0.4) is 0 Å². The first-order valence-electron chi connectivity index (χ1n) is 4.09. The lowest BCUT2D eigenvalue weighted by Gasteiger charge is -2.16. The van der Waals surface area contributed by atoms with Crippen molar-refractivity contribution in [3.05, 3.63) is 17.5 Å². The third-order valence-electron chi connectivity index (χ3n) is 1.53. The number of nitrogens with zero attached hydrogens (tertiary/aromatic N) is 3. The molecule has 1 aromatic rings. The van der Waals surface area contributed by atoms with E-state index in [1.807, 2.05) is 13.8 Å². The highest BCUT2D eigenvalue weighted by Crippen LogP contribution is 2.17. The highest BCUT2D eigenvalue weighted by molar-refractivity contribution is 5.04. The van der Waals surface area contributed by atoms with Gasteiger partial charge < -0.3 is 0 Å². The van der Waals surface area contributed by atoms with Gasteiger partial charge >= 0.3 is 0 Å². The molecular formula is C9H15N3. The van der Waals surface area contributed by atoms with E-state index in [9.17, 15) is 0 Å². The molecule has 0 bridgehead atoms. The fourth-order valence-electron chi connectivity index (χ4n) is 0.951. The van der Waals surface area contributed by atoms with Crippen LogP contribution in [0.1, 0.15) is 38.2 Å². The first-order valence-corrected chi connectivity index (χ1v) is 4.09. The van der Waals surface area contributed by atoms with Gasteiger partial charge in [-0.05, 0) is 13.8 Å². The summed E-state index contributed by atoms with van der Waals surface area (Å²) in [5, 5.41) is 0. The highest BCUT2D eigenvalue weighted by atomic mass is 15.0. The van der Waals surface area contributed by atoms with Gasteiger partial charge in [0.25, 0.3) is 0 Å². The molecule has 3 heteroatoms. The zero-order valence-electron chi connectivity index (χ0n) is 8.34. The van der Waals surface area contributed by atoms with Crippen molar-refractivity contribution in [2.75, 3.05) is 0 Å². The van der Waals surface area contributed by atoms with E-state index in [4.69, 9.17) is 0 Å². The maximum absolute atomic E-state index is 4.28. The fourth-order valence-corrected chi connectivity index (χ4v) is 0.951. The Bertz CT molecular complexity index is 266. The molecule has 1 rings (SSSR count). The summed E-state index contributed by atoms with van der Waals surface area (Å²) in [6.07, 6.45) is 0.